The summed E-state index contributed by atoms with van der Waals surface area (Å²) in [5, 5.41) is 6.93. The highest BCUT2D eigenvalue weighted by Gasteiger charge is 2.23. The van der Waals surface area contributed by atoms with Gasteiger partial charge in [0.05, 0.1) is 6.61 Å². The van der Waals surface area contributed by atoms with Gasteiger partial charge in [-0.2, -0.15) is 0 Å². The molecule has 23 heavy (non-hydrogen) atoms. The molecule has 2 N–H and O–H groups in total. The van der Waals surface area contributed by atoms with E-state index < -0.39 is 0 Å². The molecule has 2 unspecified atom stereocenters. The van der Waals surface area contributed by atoms with Gasteiger partial charge in [0.15, 0.2) is 0 Å². The summed E-state index contributed by atoms with van der Waals surface area (Å²) in [4.78, 5) is 10.8. The Morgan fingerprint density at radius 3 is 3.00 bits per heavy atom. The molecular weight excluding hydrogens is 288 g/mol. The van der Waals surface area contributed by atoms with Gasteiger partial charge in [0, 0.05) is 42.2 Å². The van der Waals surface area contributed by atoms with E-state index in [2.05, 4.69) is 29.3 Å². The molecule has 1 aromatic rings. The maximum absolute atomic E-state index is 10.8. The van der Waals surface area contributed by atoms with E-state index in [0.29, 0.717) is 12.5 Å². The van der Waals surface area contributed by atoms with Crippen molar-refractivity contribution >= 4 is 18.0 Å². The van der Waals surface area contributed by atoms with Crippen molar-refractivity contribution in [1.29, 1.82) is 0 Å². The first-order valence-electron chi connectivity index (χ1n) is 8.66. The standard InChI is InChI=1S/C19H26N2O2/c1-2-14-11-17-15(6-9-22)13-21-18(17)12-19(14)23-10-7-16-5-3-4-8-20-16/h2,9,11-12,15-16,20-21H,1,3-8,10,13H2. The maximum Gasteiger partial charge on any atom is 0.128 e. The Balaban J connectivity index is 1.65. The molecule has 1 saturated heterocycles. The highest BCUT2D eigenvalue weighted by Crippen LogP contribution is 2.38. The number of nitrogens with one attached hydrogen (secondary N) is 2. The largest absolute Gasteiger partial charge is 0.493 e. The number of carbonyl (C=O) groups excluding carboxylic acids is 1. The van der Waals surface area contributed by atoms with Gasteiger partial charge in [-0.25, -0.2) is 0 Å². The van der Waals surface area contributed by atoms with Crippen molar-refractivity contribution in [3.63, 3.8) is 0 Å². The van der Waals surface area contributed by atoms with Gasteiger partial charge in [0.1, 0.15) is 12.0 Å². The lowest BCUT2D eigenvalue weighted by Crippen LogP contribution is -2.35. The Kier molecular flexibility index (Phi) is 5.34. The molecule has 1 fully saturated rings. The molecule has 2 aliphatic rings. The van der Waals surface area contributed by atoms with Crippen LogP contribution >= 0.6 is 0 Å². The van der Waals surface area contributed by atoms with Gasteiger partial charge < -0.3 is 20.2 Å². The molecule has 124 valence electrons. The zero-order valence-corrected chi connectivity index (χ0v) is 13.6. The lowest BCUT2D eigenvalue weighted by molar-refractivity contribution is -0.108. The van der Waals surface area contributed by atoms with Crippen molar-refractivity contribution in [2.75, 3.05) is 25.0 Å². The number of ether oxygens (including phenoxy) is 1. The SMILES string of the molecule is C=Cc1cc2c(cc1OCCC1CCCCN1)NCC2CC=O. The Bertz CT molecular complexity index is 565. The molecule has 4 heteroatoms. The molecular formula is C19H26N2O2. The average Bonchev–Trinajstić information content (AvgIpc) is 2.97. The zero-order chi connectivity index (χ0) is 16.1. The van der Waals surface area contributed by atoms with Crippen LogP contribution in [-0.4, -0.2) is 32.0 Å². The minimum Gasteiger partial charge on any atom is -0.493 e. The van der Waals surface area contributed by atoms with E-state index in [-0.39, 0.29) is 5.92 Å². The van der Waals surface area contributed by atoms with Gasteiger partial charge in [-0.05, 0) is 37.4 Å². The fraction of sp³-hybridized carbons (Fsp3) is 0.526. The van der Waals surface area contributed by atoms with Gasteiger partial charge in [-0.3, -0.25) is 0 Å². The third-order valence-electron chi connectivity index (χ3n) is 4.90. The molecule has 0 radical (unpaired) electrons. The fourth-order valence-corrected chi connectivity index (χ4v) is 3.54. The highest BCUT2D eigenvalue weighted by atomic mass is 16.5. The topological polar surface area (TPSA) is 50.4 Å². The maximum atomic E-state index is 10.8. The van der Waals surface area contributed by atoms with E-state index >= 15 is 0 Å². The highest BCUT2D eigenvalue weighted by molar-refractivity contribution is 5.70. The first-order chi connectivity index (χ1) is 11.3. The summed E-state index contributed by atoms with van der Waals surface area (Å²) in [6.07, 6.45) is 8.28. The number of anilines is 1. The number of rotatable bonds is 7. The van der Waals surface area contributed by atoms with Crippen molar-refractivity contribution in [3.8, 4) is 5.75 Å². The molecule has 2 aliphatic heterocycles. The normalized spacial score (nSPS) is 23.0. The number of aldehydes is 1. The van der Waals surface area contributed by atoms with Crippen LogP contribution in [0.5, 0.6) is 5.75 Å². The van der Waals surface area contributed by atoms with Gasteiger partial charge in [0.25, 0.3) is 0 Å². The van der Waals surface area contributed by atoms with Crippen molar-refractivity contribution in [1.82, 2.24) is 5.32 Å². The van der Waals surface area contributed by atoms with Crippen molar-refractivity contribution < 1.29 is 9.53 Å². The minimum absolute atomic E-state index is 0.265. The summed E-state index contributed by atoms with van der Waals surface area (Å²) in [6.45, 7) is 6.57. The number of carbonyl (C=O) groups is 1. The molecule has 0 bridgehead atoms. The van der Waals surface area contributed by atoms with Gasteiger partial charge in [-0.15, -0.1) is 0 Å². The van der Waals surface area contributed by atoms with E-state index in [9.17, 15) is 4.79 Å². The van der Waals surface area contributed by atoms with Crippen LogP contribution in [0, 0.1) is 0 Å². The molecule has 2 heterocycles. The predicted octanol–water partition coefficient (Wildman–Crippen LogP) is 3.34. The summed E-state index contributed by atoms with van der Waals surface area (Å²) in [5.41, 5.74) is 3.31. The van der Waals surface area contributed by atoms with Crippen LogP contribution in [-0.2, 0) is 4.79 Å². The number of fused-ring (bicyclic) bond motifs is 1. The molecule has 0 spiro atoms. The van der Waals surface area contributed by atoms with Crippen LogP contribution in [0.1, 0.15) is 49.1 Å². The molecule has 4 nitrogen and oxygen atoms in total. The van der Waals surface area contributed by atoms with Crippen molar-refractivity contribution in [2.24, 2.45) is 0 Å². The molecule has 0 amide bonds. The second-order valence-electron chi connectivity index (χ2n) is 6.45. The molecule has 2 atom stereocenters. The fourth-order valence-electron chi connectivity index (χ4n) is 3.54. The van der Waals surface area contributed by atoms with Crippen LogP contribution in [0.2, 0.25) is 0 Å². The van der Waals surface area contributed by atoms with Crippen LogP contribution in [0.3, 0.4) is 0 Å². The van der Waals surface area contributed by atoms with Crippen molar-refractivity contribution in [3.05, 3.63) is 29.8 Å². The van der Waals surface area contributed by atoms with Gasteiger partial charge >= 0.3 is 0 Å². The second kappa shape index (κ2) is 7.64. The van der Waals surface area contributed by atoms with Crippen molar-refractivity contribution in [2.45, 2.75) is 44.1 Å². The summed E-state index contributed by atoms with van der Waals surface area (Å²) >= 11 is 0. The molecule has 1 aromatic carbocycles. The van der Waals surface area contributed by atoms with E-state index in [4.69, 9.17) is 4.74 Å². The smallest absolute Gasteiger partial charge is 0.128 e. The number of benzene rings is 1. The van der Waals surface area contributed by atoms with Crippen LogP contribution < -0.4 is 15.4 Å². The average molecular weight is 314 g/mol. The van der Waals surface area contributed by atoms with E-state index in [1.165, 1.54) is 24.8 Å². The van der Waals surface area contributed by atoms with Crippen LogP contribution in [0.4, 0.5) is 5.69 Å². The lowest BCUT2D eigenvalue weighted by Gasteiger charge is -2.23. The first kappa shape index (κ1) is 16.1. The molecule has 0 aromatic heterocycles. The Labute approximate surface area is 138 Å². The molecule has 0 aliphatic carbocycles. The quantitative estimate of drug-likeness (QED) is 0.758. The van der Waals surface area contributed by atoms with E-state index in [1.807, 2.05) is 6.08 Å². The van der Waals surface area contributed by atoms with Gasteiger partial charge in [-0.1, -0.05) is 19.1 Å². The Morgan fingerprint density at radius 2 is 2.26 bits per heavy atom. The Hall–Kier alpha value is -1.81. The van der Waals surface area contributed by atoms with E-state index in [1.54, 1.807) is 0 Å². The summed E-state index contributed by atoms with van der Waals surface area (Å²) in [5.74, 6) is 1.15. The van der Waals surface area contributed by atoms with Crippen LogP contribution in [0.25, 0.3) is 6.08 Å². The number of piperidine rings is 1. The van der Waals surface area contributed by atoms with Crippen LogP contribution in [0.15, 0.2) is 18.7 Å². The van der Waals surface area contributed by atoms with E-state index in [0.717, 1.165) is 49.4 Å². The summed E-state index contributed by atoms with van der Waals surface area (Å²) in [7, 11) is 0. The van der Waals surface area contributed by atoms with Gasteiger partial charge in [0.2, 0.25) is 0 Å². The monoisotopic (exact) mass is 314 g/mol. The summed E-state index contributed by atoms with van der Waals surface area (Å²) < 4.78 is 6.03. The third kappa shape index (κ3) is 3.75. The lowest BCUT2D eigenvalue weighted by atomic mass is 9.96. The zero-order valence-electron chi connectivity index (χ0n) is 13.6. The minimum atomic E-state index is 0.265. The summed E-state index contributed by atoms with van der Waals surface area (Å²) in [6, 6.07) is 4.76. The Morgan fingerprint density at radius 1 is 1.35 bits per heavy atom. The number of hydrogen-bond acceptors (Lipinski definition) is 4. The molecule has 0 saturated carbocycles. The third-order valence-corrected chi connectivity index (χ3v) is 4.90. The number of hydrogen-bond donors (Lipinski definition) is 2. The predicted molar refractivity (Wildman–Crippen MR) is 94.2 cm³/mol. The first-order valence-corrected chi connectivity index (χ1v) is 8.66. The second-order valence-corrected chi connectivity index (χ2v) is 6.45. The molecule has 3 rings (SSSR count).